The van der Waals surface area contributed by atoms with Gasteiger partial charge in [-0.2, -0.15) is 11.8 Å². The first-order valence-corrected chi connectivity index (χ1v) is 8.09. The third kappa shape index (κ3) is 5.19. The number of rotatable bonds is 4. The third-order valence-electron chi connectivity index (χ3n) is 3.06. The summed E-state index contributed by atoms with van der Waals surface area (Å²) in [7, 11) is 0. The smallest absolute Gasteiger partial charge is 0.193 e. The van der Waals surface area contributed by atoms with Crippen LogP contribution >= 0.6 is 11.8 Å². The molecule has 0 aromatic rings. The molecule has 0 radical (unpaired) electrons. The average molecular weight is 257 g/mol. The third-order valence-corrected chi connectivity index (χ3v) is 3.65. The summed E-state index contributed by atoms with van der Waals surface area (Å²) in [6, 6.07) is 0. The van der Waals surface area contributed by atoms with Gasteiger partial charge in [0.1, 0.15) is 0 Å². The highest BCUT2D eigenvalue weighted by Gasteiger charge is 2.23. The Labute approximate surface area is 110 Å². The number of hydrogen-bond acceptors (Lipinski definition) is 2. The maximum absolute atomic E-state index is 4.71. The number of thioether (sulfide) groups is 1. The number of nitrogens with zero attached hydrogens (tertiary/aromatic N) is 2. The molecule has 1 aliphatic rings. The van der Waals surface area contributed by atoms with E-state index >= 15 is 0 Å². The van der Waals surface area contributed by atoms with Crippen LogP contribution in [0.4, 0.5) is 0 Å². The van der Waals surface area contributed by atoms with Crippen molar-refractivity contribution in [2.24, 2.45) is 16.8 Å². The average Bonchev–Trinajstić information content (AvgIpc) is 2.27. The zero-order valence-electron chi connectivity index (χ0n) is 11.7. The second kappa shape index (κ2) is 7.85. The van der Waals surface area contributed by atoms with Crippen molar-refractivity contribution in [3.05, 3.63) is 0 Å². The van der Waals surface area contributed by atoms with Gasteiger partial charge in [0, 0.05) is 25.4 Å². The molecule has 0 saturated carbocycles. The molecule has 0 spiro atoms. The minimum absolute atomic E-state index is 0.781. The van der Waals surface area contributed by atoms with Crippen molar-refractivity contribution in [2.45, 2.75) is 27.2 Å². The Bertz CT molecular complexity index is 233. The first kappa shape index (κ1) is 14.7. The lowest BCUT2D eigenvalue weighted by molar-refractivity contribution is 0.208. The van der Waals surface area contributed by atoms with Crippen molar-refractivity contribution in [3.63, 3.8) is 0 Å². The van der Waals surface area contributed by atoms with Crippen molar-refractivity contribution in [2.75, 3.05) is 38.2 Å². The minimum atomic E-state index is 0.781. The van der Waals surface area contributed by atoms with E-state index in [9.17, 15) is 0 Å². The van der Waals surface area contributed by atoms with Crippen LogP contribution in [0.2, 0.25) is 0 Å². The highest BCUT2D eigenvalue weighted by Crippen LogP contribution is 2.20. The van der Waals surface area contributed by atoms with E-state index < -0.39 is 0 Å². The Balaban J connectivity index is 2.58. The standard InChI is InChI=1S/C13H27N3S/c1-5-14-13(15-6-7-17-4)16-9-11(2)8-12(3)10-16/h11-12H,5-10H2,1-4H3,(H,14,15). The van der Waals surface area contributed by atoms with Gasteiger partial charge in [0.15, 0.2) is 5.96 Å². The van der Waals surface area contributed by atoms with Crippen LogP contribution in [0.5, 0.6) is 0 Å². The van der Waals surface area contributed by atoms with Crippen LogP contribution in [0.1, 0.15) is 27.2 Å². The molecule has 1 rings (SSSR count). The van der Waals surface area contributed by atoms with Crippen molar-refractivity contribution in [3.8, 4) is 0 Å². The molecule has 100 valence electrons. The fourth-order valence-electron chi connectivity index (χ4n) is 2.50. The predicted molar refractivity (Wildman–Crippen MR) is 78.9 cm³/mol. The summed E-state index contributed by atoms with van der Waals surface area (Å²) < 4.78 is 0. The van der Waals surface area contributed by atoms with Gasteiger partial charge in [-0.3, -0.25) is 4.99 Å². The molecule has 1 heterocycles. The second-order valence-corrected chi connectivity index (χ2v) is 6.07. The Morgan fingerprint density at radius 2 is 2.00 bits per heavy atom. The molecule has 3 nitrogen and oxygen atoms in total. The molecule has 2 unspecified atom stereocenters. The summed E-state index contributed by atoms with van der Waals surface area (Å²) in [4.78, 5) is 7.14. The Hall–Kier alpha value is -0.380. The Kier molecular flexibility index (Phi) is 6.78. The number of likely N-dealkylation sites (tertiary alicyclic amines) is 1. The largest absolute Gasteiger partial charge is 0.357 e. The predicted octanol–water partition coefficient (Wildman–Crippen LogP) is 2.29. The molecule has 1 N–H and O–H groups in total. The van der Waals surface area contributed by atoms with Gasteiger partial charge in [-0.25, -0.2) is 0 Å². The number of piperidine rings is 1. The van der Waals surface area contributed by atoms with Crippen molar-refractivity contribution < 1.29 is 0 Å². The van der Waals surface area contributed by atoms with Gasteiger partial charge >= 0.3 is 0 Å². The molecule has 4 heteroatoms. The van der Waals surface area contributed by atoms with Crippen LogP contribution < -0.4 is 5.32 Å². The van der Waals surface area contributed by atoms with Gasteiger partial charge in [0.05, 0.1) is 6.54 Å². The van der Waals surface area contributed by atoms with Gasteiger partial charge in [-0.05, 0) is 31.4 Å². The SMILES string of the molecule is CCNC(=NCCSC)N1CC(C)CC(C)C1. The monoisotopic (exact) mass is 257 g/mol. The van der Waals surface area contributed by atoms with Gasteiger partial charge < -0.3 is 10.2 Å². The summed E-state index contributed by atoms with van der Waals surface area (Å²) in [5, 5.41) is 3.42. The summed E-state index contributed by atoms with van der Waals surface area (Å²) in [6.45, 7) is 11.0. The fourth-order valence-corrected chi connectivity index (χ4v) is 2.78. The molecule has 0 aliphatic carbocycles. The van der Waals surface area contributed by atoms with Crippen molar-refractivity contribution >= 4 is 17.7 Å². The highest BCUT2D eigenvalue weighted by molar-refractivity contribution is 7.98. The molecule has 2 atom stereocenters. The lowest BCUT2D eigenvalue weighted by Gasteiger charge is -2.37. The van der Waals surface area contributed by atoms with Crippen molar-refractivity contribution in [1.29, 1.82) is 0 Å². The fraction of sp³-hybridized carbons (Fsp3) is 0.923. The zero-order chi connectivity index (χ0) is 12.7. The van der Waals surface area contributed by atoms with Crippen LogP contribution in [0.3, 0.4) is 0 Å². The molecule has 0 bridgehead atoms. The topological polar surface area (TPSA) is 27.6 Å². The van der Waals surface area contributed by atoms with Gasteiger partial charge in [-0.1, -0.05) is 13.8 Å². The number of guanidine groups is 1. The van der Waals surface area contributed by atoms with E-state index in [4.69, 9.17) is 4.99 Å². The molecule has 1 fully saturated rings. The molecule has 0 aromatic heterocycles. The molecule has 0 aromatic carbocycles. The quantitative estimate of drug-likeness (QED) is 0.476. The summed E-state index contributed by atoms with van der Waals surface area (Å²) >= 11 is 1.86. The highest BCUT2D eigenvalue weighted by atomic mass is 32.2. The number of nitrogens with one attached hydrogen (secondary N) is 1. The summed E-state index contributed by atoms with van der Waals surface area (Å²) in [5.74, 6) is 3.78. The first-order chi connectivity index (χ1) is 8.17. The first-order valence-electron chi connectivity index (χ1n) is 6.69. The lowest BCUT2D eigenvalue weighted by Crippen LogP contribution is -2.48. The Morgan fingerprint density at radius 3 is 2.53 bits per heavy atom. The lowest BCUT2D eigenvalue weighted by atomic mass is 9.92. The number of aliphatic imine (C=N–C) groups is 1. The zero-order valence-corrected chi connectivity index (χ0v) is 12.5. The number of hydrogen-bond donors (Lipinski definition) is 1. The van der Waals surface area contributed by atoms with Crippen LogP contribution in [0.25, 0.3) is 0 Å². The van der Waals surface area contributed by atoms with Gasteiger partial charge in [0.25, 0.3) is 0 Å². The van der Waals surface area contributed by atoms with Crippen LogP contribution in [-0.2, 0) is 0 Å². The summed E-state index contributed by atoms with van der Waals surface area (Å²) in [5.41, 5.74) is 0. The van der Waals surface area contributed by atoms with E-state index in [1.54, 1.807) is 0 Å². The normalized spacial score (nSPS) is 26.1. The molecule has 1 saturated heterocycles. The van der Waals surface area contributed by atoms with E-state index in [-0.39, 0.29) is 0 Å². The Morgan fingerprint density at radius 1 is 1.35 bits per heavy atom. The van der Waals surface area contributed by atoms with Crippen LogP contribution in [0.15, 0.2) is 4.99 Å². The van der Waals surface area contributed by atoms with Crippen molar-refractivity contribution in [1.82, 2.24) is 10.2 Å². The second-order valence-electron chi connectivity index (χ2n) is 5.08. The van der Waals surface area contributed by atoms with E-state index in [0.29, 0.717) is 0 Å². The van der Waals surface area contributed by atoms with E-state index in [0.717, 1.165) is 49.7 Å². The molecule has 0 amide bonds. The molecule has 17 heavy (non-hydrogen) atoms. The van der Waals surface area contributed by atoms with E-state index in [1.807, 2.05) is 11.8 Å². The van der Waals surface area contributed by atoms with Crippen LogP contribution in [0, 0.1) is 11.8 Å². The van der Waals surface area contributed by atoms with E-state index in [2.05, 4.69) is 37.2 Å². The maximum atomic E-state index is 4.71. The molecular formula is C13H27N3S. The summed E-state index contributed by atoms with van der Waals surface area (Å²) in [6.07, 6.45) is 3.48. The van der Waals surface area contributed by atoms with Gasteiger partial charge in [0.2, 0.25) is 0 Å². The molecule has 1 aliphatic heterocycles. The van der Waals surface area contributed by atoms with Crippen LogP contribution in [-0.4, -0.2) is 49.0 Å². The minimum Gasteiger partial charge on any atom is -0.357 e. The van der Waals surface area contributed by atoms with Gasteiger partial charge in [-0.15, -0.1) is 0 Å². The van der Waals surface area contributed by atoms with E-state index in [1.165, 1.54) is 6.42 Å². The molecular weight excluding hydrogens is 230 g/mol. The maximum Gasteiger partial charge on any atom is 0.193 e.